The summed E-state index contributed by atoms with van der Waals surface area (Å²) in [5, 5.41) is 9.73. The molecule has 0 amide bonds. The number of ketones is 1. The molecule has 0 rings (SSSR count). The zero-order valence-corrected chi connectivity index (χ0v) is 19.4. The fourth-order valence-electron chi connectivity index (χ4n) is 3.10. The summed E-state index contributed by atoms with van der Waals surface area (Å²) < 4.78 is 5.03. The lowest BCUT2D eigenvalue weighted by molar-refractivity contribution is -0.119. The van der Waals surface area contributed by atoms with Gasteiger partial charge in [0.2, 0.25) is 0 Å². The molecule has 0 heterocycles. The van der Waals surface area contributed by atoms with E-state index in [4.69, 9.17) is 16.3 Å². The van der Waals surface area contributed by atoms with Gasteiger partial charge in [0.15, 0.2) is 6.49 Å². The second-order valence-electron chi connectivity index (χ2n) is 7.82. The topological polar surface area (TPSA) is 66.8 Å². The highest BCUT2D eigenvalue weighted by molar-refractivity contribution is 8.09. The molecule has 0 aromatic carbocycles. The summed E-state index contributed by atoms with van der Waals surface area (Å²) in [7, 11) is 0. The van der Waals surface area contributed by atoms with E-state index in [1.54, 1.807) is 0 Å². The molecule has 0 saturated heterocycles. The molecule has 0 radical (unpaired) electrons. The SMILES string of the molecule is CCCCCCCCCCCCCCCC(=O)CCC(O)COP(C)(O)=S. The molecule has 0 aliphatic carbocycles. The van der Waals surface area contributed by atoms with Gasteiger partial charge >= 0.3 is 0 Å². The van der Waals surface area contributed by atoms with Gasteiger partial charge in [0, 0.05) is 19.5 Å². The fourth-order valence-corrected chi connectivity index (χ4v) is 3.73. The maximum Gasteiger partial charge on any atom is 0.183 e. The van der Waals surface area contributed by atoms with Crippen molar-refractivity contribution in [3.8, 4) is 0 Å². The summed E-state index contributed by atoms with van der Waals surface area (Å²) in [5.41, 5.74) is 0. The van der Waals surface area contributed by atoms with Crippen LogP contribution in [0, 0.1) is 0 Å². The zero-order chi connectivity index (χ0) is 20.4. The van der Waals surface area contributed by atoms with Gasteiger partial charge < -0.3 is 14.5 Å². The van der Waals surface area contributed by atoms with Crippen molar-refractivity contribution in [3.63, 3.8) is 0 Å². The normalized spacial score (nSPS) is 14.8. The third-order valence-corrected chi connectivity index (χ3v) is 5.77. The third kappa shape index (κ3) is 22.4. The minimum Gasteiger partial charge on any atom is -0.391 e. The smallest absolute Gasteiger partial charge is 0.183 e. The van der Waals surface area contributed by atoms with Gasteiger partial charge in [0.25, 0.3) is 0 Å². The van der Waals surface area contributed by atoms with E-state index >= 15 is 0 Å². The summed E-state index contributed by atoms with van der Waals surface area (Å²) in [5.74, 6) is 0.206. The van der Waals surface area contributed by atoms with Crippen molar-refractivity contribution < 1.29 is 19.3 Å². The molecule has 2 atom stereocenters. The van der Waals surface area contributed by atoms with Gasteiger partial charge in [-0.15, -0.1) is 0 Å². The average Bonchev–Trinajstić information content (AvgIpc) is 2.61. The van der Waals surface area contributed by atoms with E-state index in [0.29, 0.717) is 19.3 Å². The third-order valence-electron chi connectivity index (χ3n) is 4.82. The minimum atomic E-state index is -2.72. The number of hydrogen-bond acceptors (Lipinski definition) is 4. The number of aliphatic hydroxyl groups is 1. The molecule has 0 bridgehead atoms. The lowest BCUT2D eigenvalue weighted by atomic mass is 10.0. The summed E-state index contributed by atoms with van der Waals surface area (Å²) in [6.45, 7) is 1.000. The molecule has 0 aromatic heterocycles. The summed E-state index contributed by atoms with van der Waals surface area (Å²) in [4.78, 5) is 21.2. The molecular weight excluding hydrogens is 379 g/mol. The highest BCUT2D eigenvalue weighted by Gasteiger charge is 2.12. The van der Waals surface area contributed by atoms with Crippen molar-refractivity contribution >= 4 is 24.1 Å². The maximum atomic E-state index is 11.8. The number of aliphatic hydroxyl groups excluding tert-OH is 1. The van der Waals surface area contributed by atoms with Crippen molar-refractivity contribution in [2.75, 3.05) is 13.3 Å². The van der Waals surface area contributed by atoms with E-state index < -0.39 is 12.6 Å². The van der Waals surface area contributed by atoms with Crippen molar-refractivity contribution in [2.24, 2.45) is 0 Å². The van der Waals surface area contributed by atoms with Gasteiger partial charge in [-0.25, -0.2) is 0 Å². The first-order valence-corrected chi connectivity index (χ1v) is 14.1. The number of unbranched alkanes of at least 4 members (excludes halogenated alkanes) is 12. The first kappa shape index (κ1) is 27.2. The van der Waals surface area contributed by atoms with E-state index in [1.807, 2.05) is 0 Å². The van der Waals surface area contributed by atoms with E-state index in [-0.39, 0.29) is 12.4 Å². The van der Waals surface area contributed by atoms with Crippen LogP contribution in [0.1, 0.15) is 110 Å². The zero-order valence-electron chi connectivity index (χ0n) is 17.7. The van der Waals surface area contributed by atoms with Crippen LogP contribution >= 0.6 is 6.49 Å². The van der Waals surface area contributed by atoms with Gasteiger partial charge in [0.1, 0.15) is 5.78 Å². The lowest BCUT2D eigenvalue weighted by Gasteiger charge is -2.14. The Morgan fingerprint density at radius 1 is 0.889 bits per heavy atom. The van der Waals surface area contributed by atoms with Crippen LogP contribution in [-0.4, -0.2) is 35.2 Å². The van der Waals surface area contributed by atoms with Gasteiger partial charge in [-0.3, -0.25) is 4.79 Å². The molecule has 162 valence electrons. The molecule has 6 heteroatoms. The number of Topliss-reactive ketones (excluding diaryl/α,β-unsaturated/α-hetero) is 1. The monoisotopic (exact) mass is 422 g/mol. The fraction of sp³-hybridized carbons (Fsp3) is 0.952. The Bertz CT molecular complexity index is 398. The Morgan fingerprint density at radius 3 is 1.78 bits per heavy atom. The molecule has 27 heavy (non-hydrogen) atoms. The molecule has 0 aliphatic rings. The molecular formula is C21H43O4PS. The maximum absolute atomic E-state index is 11.8. The van der Waals surface area contributed by atoms with E-state index in [9.17, 15) is 14.8 Å². The summed E-state index contributed by atoms with van der Waals surface area (Å²) in [6.07, 6.45) is 17.6. The molecule has 2 unspecified atom stereocenters. The molecule has 0 saturated carbocycles. The number of hydrogen-bond donors (Lipinski definition) is 2. The van der Waals surface area contributed by atoms with Crippen molar-refractivity contribution in [2.45, 2.75) is 116 Å². The highest BCUT2D eigenvalue weighted by Crippen LogP contribution is 2.37. The minimum absolute atomic E-state index is 0.0102. The number of carbonyl (C=O) groups excluding carboxylic acids is 1. The quantitative estimate of drug-likeness (QED) is 0.183. The predicted octanol–water partition coefficient (Wildman–Crippen LogP) is 6.13. The van der Waals surface area contributed by atoms with Gasteiger partial charge in [-0.1, -0.05) is 84.0 Å². The van der Waals surface area contributed by atoms with Crippen LogP contribution in [0.5, 0.6) is 0 Å². The Labute approximate surface area is 172 Å². The summed E-state index contributed by atoms with van der Waals surface area (Å²) in [6, 6.07) is 0. The molecule has 0 aliphatic heterocycles. The number of rotatable bonds is 20. The Morgan fingerprint density at radius 2 is 1.33 bits per heavy atom. The van der Waals surface area contributed by atoms with Crippen LogP contribution < -0.4 is 0 Å². The van der Waals surface area contributed by atoms with Crippen LogP contribution in [0.25, 0.3) is 0 Å². The highest BCUT2D eigenvalue weighted by atomic mass is 32.5. The molecule has 2 N–H and O–H groups in total. The Balaban J connectivity index is 3.33. The molecule has 0 spiro atoms. The number of carbonyl (C=O) groups is 1. The van der Waals surface area contributed by atoms with Gasteiger partial charge in [-0.2, -0.15) is 0 Å². The van der Waals surface area contributed by atoms with Crippen LogP contribution in [0.3, 0.4) is 0 Å². The predicted molar refractivity (Wildman–Crippen MR) is 119 cm³/mol. The van der Waals surface area contributed by atoms with Crippen LogP contribution in [0.2, 0.25) is 0 Å². The largest absolute Gasteiger partial charge is 0.391 e. The molecule has 4 nitrogen and oxygen atoms in total. The molecule has 0 fully saturated rings. The first-order valence-electron chi connectivity index (χ1n) is 11.0. The summed E-state index contributed by atoms with van der Waals surface area (Å²) >= 11 is 4.75. The second-order valence-corrected chi connectivity index (χ2v) is 11.7. The van der Waals surface area contributed by atoms with E-state index in [1.165, 1.54) is 77.3 Å². The van der Waals surface area contributed by atoms with E-state index in [0.717, 1.165) is 12.8 Å². The van der Waals surface area contributed by atoms with Crippen LogP contribution in [0.15, 0.2) is 0 Å². The van der Waals surface area contributed by atoms with Crippen LogP contribution in [0.4, 0.5) is 0 Å². The Kier molecular flexibility index (Phi) is 18.4. The second kappa shape index (κ2) is 18.2. The van der Waals surface area contributed by atoms with Crippen LogP contribution in [-0.2, 0) is 21.1 Å². The first-order chi connectivity index (χ1) is 12.8. The van der Waals surface area contributed by atoms with Gasteiger partial charge in [-0.05, 0) is 24.6 Å². The van der Waals surface area contributed by atoms with E-state index in [2.05, 4.69) is 6.92 Å². The lowest BCUT2D eigenvalue weighted by Crippen LogP contribution is -2.16. The van der Waals surface area contributed by atoms with Crippen molar-refractivity contribution in [3.05, 3.63) is 0 Å². The Hall–Kier alpha value is 0.200. The standard InChI is InChI=1S/C21H43O4PS/c1-3-4-5-6-7-8-9-10-11-12-13-14-15-16-20(22)17-18-21(23)19-25-26(2,24)27/h21,23H,3-19H2,1-2H3,(H,24,27). The molecule has 0 aromatic rings. The van der Waals surface area contributed by atoms with Gasteiger partial charge in [0.05, 0.1) is 12.7 Å². The average molecular weight is 423 g/mol. The van der Waals surface area contributed by atoms with Crippen molar-refractivity contribution in [1.29, 1.82) is 0 Å². The van der Waals surface area contributed by atoms with Crippen molar-refractivity contribution in [1.82, 2.24) is 0 Å².